The highest BCUT2D eigenvalue weighted by Crippen LogP contribution is 2.27. The highest BCUT2D eigenvalue weighted by Gasteiger charge is 2.15. The van der Waals surface area contributed by atoms with Crippen molar-refractivity contribution in [1.29, 1.82) is 0 Å². The van der Waals surface area contributed by atoms with Crippen molar-refractivity contribution in [3.05, 3.63) is 47.5 Å². The smallest absolute Gasteiger partial charge is 0.262 e. The lowest BCUT2D eigenvalue weighted by Gasteiger charge is -2.09. The predicted molar refractivity (Wildman–Crippen MR) is 72.0 cm³/mol. The second-order valence-corrected chi connectivity index (χ2v) is 5.86. The molecule has 0 fully saturated rings. The molecule has 0 radical (unpaired) electrons. The Morgan fingerprint density at radius 1 is 1.05 bits per heavy atom. The molecule has 0 aliphatic heterocycles. The van der Waals surface area contributed by atoms with Gasteiger partial charge in [0.15, 0.2) is 0 Å². The summed E-state index contributed by atoms with van der Waals surface area (Å²) in [5.41, 5.74) is 0.214. The number of hydrogen-bond donors (Lipinski definition) is 3. The van der Waals surface area contributed by atoms with Crippen molar-refractivity contribution in [2.75, 3.05) is 4.72 Å². The van der Waals surface area contributed by atoms with Crippen LogP contribution in [0.25, 0.3) is 0 Å². The summed E-state index contributed by atoms with van der Waals surface area (Å²) in [5, 5.41) is 18.6. The second-order valence-electron chi connectivity index (χ2n) is 3.77. The summed E-state index contributed by atoms with van der Waals surface area (Å²) in [6.45, 7) is 0. The van der Waals surface area contributed by atoms with Gasteiger partial charge in [-0.1, -0.05) is 17.7 Å². The topological polar surface area (TPSA) is 86.6 Å². The van der Waals surface area contributed by atoms with Crippen LogP contribution >= 0.6 is 11.6 Å². The summed E-state index contributed by atoms with van der Waals surface area (Å²) in [6, 6.07) is 9.22. The maximum Gasteiger partial charge on any atom is 0.262 e. The van der Waals surface area contributed by atoms with Gasteiger partial charge < -0.3 is 10.2 Å². The molecule has 0 aromatic heterocycles. The van der Waals surface area contributed by atoms with Crippen LogP contribution in [0.5, 0.6) is 11.5 Å². The molecule has 0 saturated heterocycles. The van der Waals surface area contributed by atoms with Crippen molar-refractivity contribution in [3.63, 3.8) is 0 Å². The minimum Gasteiger partial charge on any atom is -0.508 e. The molecule has 5 nitrogen and oxygen atoms in total. The van der Waals surface area contributed by atoms with E-state index >= 15 is 0 Å². The van der Waals surface area contributed by atoms with Crippen LogP contribution in [0.1, 0.15) is 0 Å². The van der Waals surface area contributed by atoms with E-state index in [1.807, 2.05) is 0 Å². The van der Waals surface area contributed by atoms with Gasteiger partial charge in [0, 0.05) is 6.07 Å². The van der Waals surface area contributed by atoms with Crippen molar-refractivity contribution in [3.8, 4) is 11.5 Å². The Bertz CT molecular complexity index is 715. The third-order valence-corrected chi connectivity index (χ3v) is 4.01. The maximum atomic E-state index is 12.0. The fourth-order valence-electron chi connectivity index (χ4n) is 1.44. The number of benzene rings is 2. The van der Waals surface area contributed by atoms with Crippen molar-refractivity contribution in [1.82, 2.24) is 0 Å². The molecule has 2 rings (SSSR count). The Hall–Kier alpha value is -1.92. The van der Waals surface area contributed by atoms with Crippen molar-refractivity contribution < 1.29 is 18.6 Å². The van der Waals surface area contributed by atoms with E-state index in [1.54, 1.807) is 0 Å². The molecule has 0 aliphatic rings. The van der Waals surface area contributed by atoms with Crippen molar-refractivity contribution in [2.45, 2.75) is 4.90 Å². The molecule has 2 aromatic rings. The number of phenols is 2. The zero-order chi connectivity index (χ0) is 14.0. The van der Waals surface area contributed by atoms with E-state index in [9.17, 15) is 18.6 Å². The van der Waals surface area contributed by atoms with E-state index in [1.165, 1.54) is 36.4 Å². The number of phenolic OH excluding ortho intramolecular Hbond substituents is 2. The first-order chi connectivity index (χ1) is 8.88. The highest BCUT2D eigenvalue weighted by molar-refractivity contribution is 7.92. The number of rotatable bonds is 3. The molecule has 0 amide bonds. The molecule has 0 unspecified atom stereocenters. The third kappa shape index (κ3) is 3.10. The van der Waals surface area contributed by atoms with Crippen LogP contribution in [-0.4, -0.2) is 18.6 Å². The number of aromatic hydroxyl groups is 2. The number of sulfonamides is 1. The number of nitrogens with one attached hydrogen (secondary N) is 1. The first-order valence-electron chi connectivity index (χ1n) is 5.19. The molecule has 0 atom stereocenters. The second kappa shape index (κ2) is 4.99. The van der Waals surface area contributed by atoms with E-state index in [2.05, 4.69) is 4.72 Å². The standard InChI is InChI=1S/C12H10ClNO4S/c13-11-6-8(4-5-12(11)16)14-19(17,18)10-3-1-2-9(15)7-10/h1-7,14-16H. The van der Waals surface area contributed by atoms with Gasteiger partial charge >= 0.3 is 0 Å². The van der Waals surface area contributed by atoms with Gasteiger partial charge in [-0.2, -0.15) is 0 Å². The maximum absolute atomic E-state index is 12.0. The lowest BCUT2D eigenvalue weighted by atomic mass is 10.3. The molecule has 0 bridgehead atoms. The lowest BCUT2D eigenvalue weighted by molar-refractivity contribution is 0.473. The van der Waals surface area contributed by atoms with Gasteiger partial charge in [-0.15, -0.1) is 0 Å². The molecule has 2 aromatic carbocycles. The van der Waals surface area contributed by atoms with Crippen LogP contribution in [0.15, 0.2) is 47.4 Å². The summed E-state index contributed by atoms with van der Waals surface area (Å²) < 4.78 is 26.3. The molecular weight excluding hydrogens is 290 g/mol. The number of anilines is 1. The Balaban J connectivity index is 2.33. The molecular formula is C12H10ClNO4S. The van der Waals surface area contributed by atoms with E-state index in [-0.39, 0.29) is 27.1 Å². The first-order valence-corrected chi connectivity index (χ1v) is 7.05. The SMILES string of the molecule is O=S(=O)(Nc1ccc(O)c(Cl)c1)c1cccc(O)c1. The van der Waals surface area contributed by atoms with Crippen LogP contribution in [0.3, 0.4) is 0 Å². The van der Waals surface area contributed by atoms with Crippen molar-refractivity contribution >= 4 is 27.3 Å². The first kappa shape index (κ1) is 13.5. The number of halogens is 1. The zero-order valence-electron chi connectivity index (χ0n) is 9.54. The Kier molecular flexibility index (Phi) is 3.55. The number of hydrogen-bond acceptors (Lipinski definition) is 4. The van der Waals surface area contributed by atoms with Crippen LogP contribution in [0.2, 0.25) is 5.02 Å². The normalized spacial score (nSPS) is 11.2. The summed E-state index contributed by atoms with van der Waals surface area (Å²) in [6.07, 6.45) is 0. The monoisotopic (exact) mass is 299 g/mol. The summed E-state index contributed by atoms with van der Waals surface area (Å²) >= 11 is 5.69. The molecule has 0 heterocycles. The largest absolute Gasteiger partial charge is 0.508 e. The van der Waals surface area contributed by atoms with Gasteiger partial charge in [0.05, 0.1) is 15.6 Å². The molecule has 0 aliphatic carbocycles. The molecule has 7 heteroatoms. The van der Waals surface area contributed by atoms with Gasteiger partial charge in [0.25, 0.3) is 10.0 Å². The fourth-order valence-corrected chi connectivity index (χ4v) is 2.70. The quantitative estimate of drug-likeness (QED) is 0.760. The van der Waals surface area contributed by atoms with Crippen LogP contribution in [0, 0.1) is 0 Å². The molecule has 3 N–H and O–H groups in total. The van der Waals surface area contributed by atoms with Crippen LogP contribution in [0.4, 0.5) is 5.69 Å². The van der Waals surface area contributed by atoms with Gasteiger partial charge in [-0.25, -0.2) is 8.42 Å². The third-order valence-electron chi connectivity index (χ3n) is 2.33. The Morgan fingerprint density at radius 2 is 1.79 bits per heavy atom. The highest BCUT2D eigenvalue weighted by atomic mass is 35.5. The minimum absolute atomic E-state index is 0.0381. The van der Waals surface area contributed by atoms with Gasteiger partial charge in [0.1, 0.15) is 11.5 Å². The van der Waals surface area contributed by atoms with Gasteiger partial charge in [-0.05, 0) is 30.3 Å². The lowest BCUT2D eigenvalue weighted by Crippen LogP contribution is -2.12. The summed E-state index contributed by atoms with van der Waals surface area (Å²) in [7, 11) is -3.82. The molecule has 19 heavy (non-hydrogen) atoms. The van der Waals surface area contributed by atoms with Gasteiger partial charge in [-0.3, -0.25) is 4.72 Å². The van der Waals surface area contributed by atoms with E-state index in [4.69, 9.17) is 11.6 Å². The van der Waals surface area contributed by atoms with Crippen LogP contribution < -0.4 is 4.72 Å². The fraction of sp³-hybridized carbons (Fsp3) is 0. The predicted octanol–water partition coefficient (Wildman–Crippen LogP) is 2.55. The van der Waals surface area contributed by atoms with Crippen LogP contribution in [-0.2, 0) is 10.0 Å². The van der Waals surface area contributed by atoms with E-state index in [0.717, 1.165) is 6.07 Å². The van der Waals surface area contributed by atoms with Gasteiger partial charge in [0.2, 0.25) is 0 Å². The molecule has 0 spiro atoms. The Labute approximate surface area is 115 Å². The average molecular weight is 300 g/mol. The average Bonchev–Trinajstić information content (AvgIpc) is 2.33. The summed E-state index contributed by atoms with van der Waals surface area (Å²) in [5.74, 6) is -0.284. The minimum atomic E-state index is -3.82. The molecule has 100 valence electrons. The van der Waals surface area contributed by atoms with Crippen molar-refractivity contribution in [2.24, 2.45) is 0 Å². The Morgan fingerprint density at radius 3 is 2.42 bits per heavy atom. The van der Waals surface area contributed by atoms with E-state index < -0.39 is 10.0 Å². The summed E-state index contributed by atoms with van der Waals surface area (Å²) in [4.78, 5) is -0.0725. The van der Waals surface area contributed by atoms with E-state index in [0.29, 0.717) is 0 Å². The zero-order valence-corrected chi connectivity index (χ0v) is 11.1. The molecule has 0 saturated carbocycles.